The molecule has 0 spiro atoms. The Bertz CT molecular complexity index is 2150. The number of amides is 1. The second-order valence-electron chi connectivity index (χ2n) is 12.4. The number of benzene rings is 2. The van der Waals surface area contributed by atoms with Crippen molar-refractivity contribution in [3.8, 4) is 27.3 Å². The fraction of sp³-hybridized carbons (Fsp3) is 0.324. The topological polar surface area (TPSA) is 90.3 Å². The third-order valence-corrected chi connectivity index (χ3v) is 10.8. The summed E-state index contributed by atoms with van der Waals surface area (Å²) in [5, 5.41) is 3.07. The van der Waals surface area contributed by atoms with Gasteiger partial charge in [-0.2, -0.15) is 13.2 Å². The first-order chi connectivity index (χ1) is 23.8. The molecular formula is C34H25F6N3O6S. The van der Waals surface area contributed by atoms with E-state index in [0.717, 1.165) is 19.2 Å². The maximum Gasteiger partial charge on any atom is 0.510 e. The van der Waals surface area contributed by atoms with Gasteiger partial charge in [0.2, 0.25) is 18.0 Å². The zero-order valence-corrected chi connectivity index (χ0v) is 26.7. The van der Waals surface area contributed by atoms with Crippen molar-refractivity contribution in [2.24, 2.45) is 5.92 Å². The van der Waals surface area contributed by atoms with E-state index in [4.69, 9.17) is 9.47 Å². The first-order valence-corrected chi connectivity index (χ1v) is 16.4. The largest absolute Gasteiger partial charge is 0.510 e. The number of methoxy groups -OCH3 is 1. The van der Waals surface area contributed by atoms with E-state index in [-0.39, 0.29) is 23.4 Å². The average Bonchev–Trinajstić information content (AvgIpc) is 3.44. The van der Waals surface area contributed by atoms with Crippen LogP contribution in [0.1, 0.15) is 51.6 Å². The summed E-state index contributed by atoms with van der Waals surface area (Å²) in [5.74, 6) is -7.95. The summed E-state index contributed by atoms with van der Waals surface area (Å²) in [5.41, 5.74) is -0.0683. The molecule has 1 saturated heterocycles. The van der Waals surface area contributed by atoms with Gasteiger partial charge in [0.15, 0.2) is 5.69 Å². The number of thiophene rings is 1. The third kappa shape index (κ3) is 4.71. The quantitative estimate of drug-likeness (QED) is 0.128. The number of carbonyl (C=O) groups is 2. The standard InChI is InChI=1S/C34H25F6N3O6S/c1-47-32(46)49-15-48-29-22(44)9-11-42-28(29)31(45)41-10-8-17(34(38,39)40)12-23(41)43(42)27-18-4-2-3-5-19(18)30-24-16(14-50-30)13-33(36,37)26-21(35)7-6-20(27)25(24)26/h2-7,9,11,14,17,23,27H,8,10,12-13,15H2,1H3. The Labute approximate surface area is 283 Å². The number of piperidine rings is 1. The Hall–Kier alpha value is -4.99. The summed E-state index contributed by atoms with van der Waals surface area (Å²) in [6.07, 6.45) is -7.63. The van der Waals surface area contributed by atoms with Gasteiger partial charge in [0.05, 0.1) is 24.6 Å². The van der Waals surface area contributed by atoms with E-state index in [1.54, 1.807) is 29.6 Å². The van der Waals surface area contributed by atoms with Crippen LogP contribution in [0.3, 0.4) is 0 Å². The third-order valence-electron chi connectivity index (χ3n) is 9.78. The van der Waals surface area contributed by atoms with Crippen molar-refractivity contribution in [2.75, 3.05) is 25.5 Å². The smallest absolute Gasteiger partial charge is 0.451 e. The lowest BCUT2D eigenvalue weighted by Crippen LogP contribution is -2.65. The normalized spacial score (nSPS) is 21.3. The molecule has 2 aromatic carbocycles. The first-order valence-electron chi connectivity index (χ1n) is 15.5. The minimum absolute atomic E-state index is 0.0640. The number of hydrogen-bond acceptors (Lipinski definition) is 8. The monoisotopic (exact) mass is 717 g/mol. The minimum Gasteiger partial charge on any atom is -0.451 e. The number of ether oxygens (including phenoxy) is 3. The number of rotatable bonds is 4. The van der Waals surface area contributed by atoms with Gasteiger partial charge in [0.25, 0.3) is 11.8 Å². The van der Waals surface area contributed by atoms with E-state index < -0.39 is 90.9 Å². The van der Waals surface area contributed by atoms with Crippen LogP contribution in [0.5, 0.6) is 5.75 Å². The second kappa shape index (κ2) is 11.3. The number of nitrogens with zero attached hydrogens (tertiary/aromatic N) is 3. The molecule has 2 aliphatic heterocycles. The fourth-order valence-corrected chi connectivity index (χ4v) is 8.83. The second-order valence-corrected chi connectivity index (χ2v) is 13.3. The van der Waals surface area contributed by atoms with Crippen LogP contribution < -0.4 is 15.2 Å². The van der Waals surface area contributed by atoms with Crippen molar-refractivity contribution in [3.63, 3.8) is 0 Å². The Morgan fingerprint density at radius 3 is 2.60 bits per heavy atom. The van der Waals surface area contributed by atoms with Crippen LogP contribution in [0.15, 0.2) is 58.8 Å². The molecule has 0 N–H and O–H groups in total. The van der Waals surface area contributed by atoms with Crippen molar-refractivity contribution in [3.05, 3.63) is 98.0 Å². The van der Waals surface area contributed by atoms with Crippen molar-refractivity contribution in [1.82, 2.24) is 9.58 Å². The van der Waals surface area contributed by atoms with E-state index in [1.165, 1.54) is 38.2 Å². The molecule has 2 aliphatic carbocycles. The molecule has 0 bridgehead atoms. The van der Waals surface area contributed by atoms with Crippen molar-refractivity contribution in [1.29, 1.82) is 0 Å². The van der Waals surface area contributed by atoms with Gasteiger partial charge in [0.1, 0.15) is 12.0 Å². The summed E-state index contributed by atoms with van der Waals surface area (Å²) < 4.78 is 106. The Morgan fingerprint density at radius 2 is 1.84 bits per heavy atom. The molecule has 4 aliphatic rings. The SMILES string of the molecule is COC(=O)OCOc1c2n(ccc1=O)N(C1c3ccccc3-c3scc4c3-c3c1ccc(F)c3C(F)(F)C4)C1CC(C(F)(F)F)CCN1C2=O. The van der Waals surface area contributed by atoms with Crippen LogP contribution >= 0.6 is 11.3 Å². The minimum atomic E-state index is -4.62. The molecule has 1 amide bonds. The maximum atomic E-state index is 15.9. The predicted molar refractivity (Wildman–Crippen MR) is 166 cm³/mol. The maximum absolute atomic E-state index is 15.9. The van der Waals surface area contributed by atoms with E-state index in [9.17, 15) is 27.6 Å². The van der Waals surface area contributed by atoms with Crippen molar-refractivity contribution >= 4 is 23.4 Å². The fourth-order valence-electron chi connectivity index (χ4n) is 7.70. The number of pyridine rings is 1. The van der Waals surface area contributed by atoms with Crippen LogP contribution in [0.2, 0.25) is 0 Å². The van der Waals surface area contributed by atoms with Crippen LogP contribution in [0, 0.1) is 11.7 Å². The van der Waals surface area contributed by atoms with E-state index in [0.29, 0.717) is 27.1 Å². The van der Waals surface area contributed by atoms with E-state index in [2.05, 4.69) is 4.74 Å². The van der Waals surface area contributed by atoms with Crippen LogP contribution in [-0.4, -0.2) is 54.4 Å². The Kier molecular flexibility index (Phi) is 7.26. The predicted octanol–water partition coefficient (Wildman–Crippen LogP) is 6.95. The summed E-state index contributed by atoms with van der Waals surface area (Å²) in [6.45, 7) is -1.21. The van der Waals surface area contributed by atoms with Gasteiger partial charge in [-0.3, -0.25) is 19.3 Å². The highest BCUT2D eigenvalue weighted by atomic mass is 32.1. The number of alkyl halides is 5. The molecule has 9 nitrogen and oxygen atoms in total. The Balaban J connectivity index is 1.42. The first kappa shape index (κ1) is 32.2. The number of aromatic nitrogens is 1. The molecule has 3 unspecified atom stereocenters. The number of carbonyl (C=O) groups excluding carboxylic acids is 2. The number of halogens is 6. The van der Waals surface area contributed by atoms with Crippen molar-refractivity contribution in [2.45, 2.75) is 43.6 Å². The van der Waals surface area contributed by atoms with Crippen LogP contribution in [-0.2, 0) is 21.8 Å². The molecule has 50 heavy (non-hydrogen) atoms. The highest BCUT2D eigenvalue weighted by Gasteiger charge is 2.54. The summed E-state index contributed by atoms with van der Waals surface area (Å²) in [7, 11) is 1.05. The molecule has 4 heterocycles. The Morgan fingerprint density at radius 1 is 1.06 bits per heavy atom. The van der Waals surface area contributed by atoms with Crippen LogP contribution in [0.25, 0.3) is 21.6 Å². The van der Waals surface area contributed by atoms with Crippen molar-refractivity contribution < 1.29 is 50.1 Å². The van der Waals surface area contributed by atoms with E-state index in [1.807, 2.05) is 0 Å². The lowest BCUT2D eigenvalue weighted by molar-refractivity contribution is -0.189. The van der Waals surface area contributed by atoms with Gasteiger partial charge < -0.3 is 19.1 Å². The molecule has 3 atom stereocenters. The molecule has 0 radical (unpaired) electrons. The molecular weight excluding hydrogens is 692 g/mol. The van der Waals surface area contributed by atoms with Gasteiger partial charge >= 0.3 is 12.3 Å². The molecule has 16 heteroatoms. The van der Waals surface area contributed by atoms with Gasteiger partial charge in [-0.05, 0) is 46.5 Å². The molecule has 8 rings (SSSR count). The van der Waals surface area contributed by atoms with Gasteiger partial charge in [-0.15, -0.1) is 11.3 Å². The zero-order chi connectivity index (χ0) is 35.3. The summed E-state index contributed by atoms with van der Waals surface area (Å²) in [4.78, 5) is 40.8. The van der Waals surface area contributed by atoms with Gasteiger partial charge in [-0.25, -0.2) is 18.0 Å². The molecule has 4 aromatic rings. The lowest BCUT2D eigenvalue weighted by atomic mass is 9.80. The zero-order valence-electron chi connectivity index (χ0n) is 25.9. The summed E-state index contributed by atoms with van der Waals surface area (Å²) in [6, 6.07) is 9.03. The number of fused-ring (bicyclic) bond motifs is 4. The number of hydrogen-bond donors (Lipinski definition) is 0. The highest BCUT2D eigenvalue weighted by molar-refractivity contribution is 7.14. The molecule has 2 aromatic heterocycles. The van der Waals surface area contributed by atoms with Gasteiger partial charge in [-0.1, -0.05) is 30.3 Å². The molecule has 0 saturated carbocycles. The highest BCUT2D eigenvalue weighted by Crippen LogP contribution is 2.58. The summed E-state index contributed by atoms with van der Waals surface area (Å²) >= 11 is 1.21. The van der Waals surface area contributed by atoms with E-state index >= 15 is 13.2 Å². The lowest BCUT2D eigenvalue weighted by Gasteiger charge is -2.53. The molecule has 260 valence electrons. The molecule has 1 fully saturated rings. The van der Waals surface area contributed by atoms with Crippen LogP contribution in [0.4, 0.5) is 31.1 Å². The van der Waals surface area contributed by atoms with Gasteiger partial charge in [0, 0.05) is 41.2 Å². The average molecular weight is 718 g/mol.